The van der Waals surface area contributed by atoms with E-state index in [1.54, 1.807) is 24.3 Å². The van der Waals surface area contributed by atoms with Crippen molar-refractivity contribution >= 4 is 40.4 Å². The Morgan fingerprint density at radius 3 is 2.70 bits per heavy atom. The molecule has 0 aromatic heterocycles. The van der Waals surface area contributed by atoms with Crippen molar-refractivity contribution in [3.63, 3.8) is 0 Å². The first-order chi connectivity index (χ1) is 9.58. The Kier molecular flexibility index (Phi) is 4.86. The van der Waals surface area contributed by atoms with E-state index < -0.39 is 11.8 Å². The van der Waals surface area contributed by atoms with Crippen molar-refractivity contribution in [3.8, 4) is 0 Å². The maximum atomic E-state index is 11.8. The highest BCUT2D eigenvalue weighted by Crippen LogP contribution is 2.16. The van der Waals surface area contributed by atoms with E-state index in [2.05, 4.69) is 10.9 Å². The fraction of sp³-hybridized carbons (Fsp3) is 0.250. The molecule has 0 aliphatic carbocycles. The van der Waals surface area contributed by atoms with Gasteiger partial charge >= 0.3 is 0 Å². The monoisotopic (exact) mass is 313 g/mol. The quantitative estimate of drug-likeness (QED) is 0.824. The van der Waals surface area contributed by atoms with Crippen LogP contribution in [0, 0.1) is 0 Å². The molecule has 0 radical (unpaired) electrons. The number of carbonyl (C=O) groups excluding carboxylic acids is 3. The third-order valence-corrected chi connectivity index (χ3v) is 3.83. The second-order valence-corrected chi connectivity index (χ2v) is 5.47. The van der Waals surface area contributed by atoms with Crippen molar-refractivity contribution in [2.75, 3.05) is 18.8 Å². The largest absolute Gasteiger partial charge is 0.323 e. The van der Waals surface area contributed by atoms with Gasteiger partial charge in [-0.3, -0.25) is 25.2 Å². The predicted molar refractivity (Wildman–Crippen MR) is 76.5 cm³/mol. The van der Waals surface area contributed by atoms with Crippen molar-refractivity contribution in [2.45, 2.75) is 0 Å². The minimum atomic E-state index is -0.508. The van der Waals surface area contributed by atoms with Crippen LogP contribution in [0.25, 0.3) is 0 Å². The maximum absolute atomic E-state index is 11.8. The van der Waals surface area contributed by atoms with Gasteiger partial charge in [0, 0.05) is 12.3 Å². The third kappa shape index (κ3) is 3.64. The van der Waals surface area contributed by atoms with E-state index in [1.807, 2.05) is 0 Å². The van der Waals surface area contributed by atoms with Crippen LogP contribution < -0.4 is 10.9 Å². The van der Waals surface area contributed by atoms with E-state index in [0.717, 1.165) is 0 Å². The second-order valence-electron chi connectivity index (χ2n) is 4.02. The Hall–Kier alpha value is -1.73. The highest BCUT2D eigenvalue weighted by Gasteiger charge is 2.23. The summed E-state index contributed by atoms with van der Waals surface area (Å²) < 4.78 is 0. The van der Waals surface area contributed by atoms with Crippen molar-refractivity contribution in [1.82, 2.24) is 15.8 Å². The molecule has 0 saturated carbocycles. The molecular weight excluding hydrogens is 302 g/mol. The Morgan fingerprint density at radius 2 is 2.05 bits per heavy atom. The lowest BCUT2D eigenvalue weighted by Crippen LogP contribution is -2.46. The zero-order valence-electron chi connectivity index (χ0n) is 10.4. The number of benzene rings is 1. The summed E-state index contributed by atoms with van der Waals surface area (Å²) in [4.78, 5) is 36.1. The van der Waals surface area contributed by atoms with E-state index in [9.17, 15) is 14.4 Å². The molecule has 6 nitrogen and oxygen atoms in total. The first-order valence-corrected chi connectivity index (χ1v) is 7.19. The van der Waals surface area contributed by atoms with Crippen LogP contribution in [0.4, 0.5) is 4.79 Å². The first-order valence-electron chi connectivity index (χ1n) is 5.83. The van der Waals surface area contributed by atoms with Crippen molar-refractivity contribution < 1.29 is 14.4 Å². The van der Waals surface area contributed by atoms with Crippen molar-refractivity contribution in [2.24, 2.45) is 0 Å². The Morgan fingerprint density at radius 1 is 1.30 bits per heavy atom. The van der Waals surface area contributed by atoms with Crippen molar-refractivity contribution in [3.05, 3.63) is 34.9 Å². The molecule has 2 rings (SSSR count). The molecule has 1 aromatic carbocycles. The van der Waals surface area contributed by atoms with Gasteiger partial charge in [-0.1, -0.05) is 35.5 Å². The maximum Gasteiger partial charge on any atom is 0.282 e. The Bertz CT molecular complexity index is 553. The molecule has 8 heteroatoms. The van der Waals surface area contributed by atoms with Gasteiger partial charge in [-0.15, -0.1) is 0 Å². The highest BCUT2D eigenvalue weighted by atomic mass is 35.5. The minimum Gasteiger partial charge on any atom is -0.323 e. The number of thioether (sulfide) groups is 1. The standard InChI is InChI=1S/C12H12ClN3O3S/c13-9-4-2-1-3-8(9)11(18)15-14-10(17)7-16-5-6-20-12(16)19/h1-4H,5-7H2,(H,14,17)(H,15,18). The number of hydrogen-bond acceptors (Lipinski definition) is 4. The van der Waals surface area contributed by atoms with Crippen LogP contribution in [0.5, 0.6) is 0 Å². The van der Waals surface area contributed by atoms with Crippen LogP contribution in [0.1, 0.15) is 10.4 Å². The number of hydrogen-bond donors (Lipinski definition) is 2. The lowest BCUT2D eigenvalue weighted by Gasteiger charge is -2.14. The summed E-state index contributed by atoms with van der Waals surface area (Å²) in [5.41, 5.74) is 4.78. The van der Waals surface area contributed by atoms with Gasteiger partial charge in [-0.05, 0) is 12.1 Å². The molecule has 3 amide bonds. The van der Waals surface area contributed by atoms with Crippen LogP contribution in [0.2, 0.25) is 5.02 Å². The summed E-state index contributed by atoms with van der Waals surface area (Å²) in [5.74, 6) is -0.287. The fourth-order valence-corrected chi connectivity index (χ4v) is 2.67. The van der Waals surface area contributed by atoms with E-state index in [0.29, 0.717) is 17.3 Å². The minimum absolute atomic E-state index is 0.0748. The molecule has 1 saturated heterocycles. The van der Waals surface area contributed by atoms with Gasteiger partial charge in [0.2, 0.25) is 0 Å². The SMILES string of the molecule is O=C(CN1CCSC1=O)NNC(=O)c1ccccc1Cl. The highest BCUT2D eigenvalue weighted by molar-refractivity contribution is 8.13. The molecule has 0 spiro atoms. The predicted octanol–water partition coefficient (Wildman–Crippen LogP) is 1.27. The van der Waals surface area contributed by atoms with Crippen LogP contribution in [0.15, 0.2) is 24.3 Å². The number of halogens is 1. The molecule has 2 N–H and O–H groups in total. The summed E-state index contributed by atoms with van der Waals surface area (Å²) in [6.07, 6.45) is 0. The summed E-state index contributed by atoms with van der Waals surface area (Å²) in [6.45, 7) is 0.462. The van der Waals surface area contributed by atoms with Gasteiger partial charge in [0.25, 0.3) is 17.1 Å². The zero-order chi connectivity index (χ0) is 14.5. The summed E-state index contributed by atoms with van der Waals surface area (Å²) in [7, 11) is 0. The van der Waals surface area contributed by atoms with E-state index in [-0.39, 0.29) is 17.3 Å². The number of hydrazine groups is 1. The summed E-state index contributed by atoms with van der Waals surface area (Å²) in [5, 5.41) is 0.169. The van der Waals surface area contributed by atoms with Gasteiger partial charge in [0.15, 0.2) is 0 Å². The number of rotatable bonds is 3. The average Bonchev–Trinajstić information content (AvgIpc) is 2.82. The molecular formula is C12H12ClN3O3S. The molecule has 1 aliphatic heterocycles. The van der Waals surface area contributed by atoms with Gasteiger partial charge < -0.3 is 4.90 Å². The van der Waals surface area contributed by atoms with E-state index >= 15 is 0 Å². The second kappa shape index (κ2) is 6.62. The van der Waals surface area contributed by atoms with Crippen molar-refractivity contribution in [1.29, 1.82) is 0 Å². The normalized spacial score (nSPS) is 14.2. The van der Waals surface area contributed by atoms with Crippen LogP contribution in [0.3, 0.4) is 0 Å². The van der Waals surface area contributed by atoms with E-state index in [4.69, 9.17) is 11.6 Å². The first kappa shape index (κ1) is 14.7. The lowest BCUT2D eigenvalue weighted by molar-refractivity contribution is -0.122. The molecule has 0 atom stereocenters. The molecule has 1 heterocycles. The molecule has 1 aromatic rings. The number of nitrogens with zero attached hydrogens (tertiary/aromatic N) is 1. The Balaban J connectivity index is 1.83. The Labute approximate surface area is 124 Å². The van der Waals surface area contributed by atoms with Gasteiger partial charge in [-0.25, -0.2) is 0 Å². The van der Waals surface area contributed by atoms with Crippen LogP contribution in [-0.2, 0) is 4.79 Å². The average molecular weight is 314 g/mol. The fourth-order valence-electron chi connectivity index (χ4n) is 1.62. The topological polar surface area (TPSA) is 78.5 Å². The molecule has 106 valence electrons. The van der Waals surface area contributed by atoms with Gasteiger partial charge in [0.1, 0.15) is 6.54 Å². The summed E-state index contributed by atoms with van der Waals surface area (Å²) >= 11 is 7.03. The zero-order valence-corrected chi connectivity index (χ0v) is 12.0. The van der Waals surface area contributed by atoms with Crippen LogP contribution >= 0.6 is 23.4 Å². The number of carbonyl (C=O) groups is 3. The van der Waals surface area contributed by atoms with Crippen LogP contribution in [-0.4, -0.2) is 40.8 Å². The van der Waals surface area contributed by atoms with Gasteiger partial charge in [0.05, 0.1) is 10.6 Å². The van der Waals surface area contributed by atoms with E-state index in [1.165, 1.54) is 16.7 Å². The molecule has 1 fully saturated rings. The summed E-state index contributed by atoms with van der Waals surface area (Å²) in [6, 6.07) is 6.50. The number of nitrogens with one attached hydrogen (secondary N) is 2. The molecule has 0 unspecified atom stereocenters. The molecule has 1 aliphatic rings. The third-order valence-electron chi connectivity index (χ3n) is 2.61. The molecule has 20 heavy (non-hydrogen) atoms. The van der Waals surface area contributed by atoms with Gasteiger partial charge in [-0.2, -0.15) is 0 Å². The smallest absolute Gasteiger partial charge is 0.282 e. The molecule has 0 bridgehead atoms. The number of amides is 3. The lowest BCUT2D eigenvalue weighted by atomic mass is 10.2.